The zero-order valence-electron chi connectivity index (χ0n) is 33.1. The molecular formula is C42H70N6. The van der Waals surface area contributed by atoms with Gasteiger partial charge in [0.05, 0.1) is 17.1 Å². The Kier molecular flexibility index (Phi) is 34.0. The van der Waals surface area contributed by atoms with Crippen LogP contribution in [0.4, 0.5) is 0 Å². The number of nitrogens with one attached hydrogen (secondary N) is 3. The van der Waals surface area contributed by atoms with E-state index in [0.29, 0.717) is 23.6 Å². The van der Waals surface area contributed by atoms with Crippen LogP contribution < -0.4 is 16.0 Å². The maximum atomic E-state index is 5.30. The molecule has 0 spiro atoms. The van der Waals surface area contributed by atoms with Crippen LogP contribution in [0.15, 0.2) is 131 Å². The lowest BCUT2D eigenvalue weighted by molar-refractivity contribution is 0.619. The van der Waals surface area contributed by atoms with Crippen LogP contribution in [0.5, 0.6) is 0 Å². The molecule has 0 atom stereocenters. The van der Waals surface area contributed by atoms with E-state index in [4.69, 9.17) is 11.4 Å². The highest BCUT2D eigenvalue weighted by molar-refractivity contribution is 5.99. The number of rotatable bonds is 17. The number of hydrogen-bond donors (Lipinski definition) is 3. The molecule has 0 saturated carbocycles. The van der Waals surface area contributed by atoms with Crippen molar-refractivity contribution >= 4 is 11.5 Å². The second kappa shape index (κ2) is 32.4. The fourth-order valence-electron chi connectivity index (χ4n) is 3.50. The van der Waals surface area contributed by atoms with E-state index in [1.807, 2.05) is 41.5 Å². The van der Waals surface area contributed by atoms with Crippen LogP contribution in [0.3, 0.4) is 0 Å². The monoisotopic (exact) mass is 659 g/mol. The minimum absolute atomic E-state index is 0.505. The summed E-state index contributed by atoms with van der Waals surface area (Å²) in [6, 6.07) is 0. The van der Waals surface area contributed by atoms with E-state index in [1.165, 1.54) is 16.8 Å². The lowest BCUT2D eigenvalue weighted by Crippen LogP contribution is -2.30. The maximum absolute atomic E-state index is 5.30. The smallest absolute Gasteiger partial charge is 0.131 e. The Morgan fingerprint density at radius 1 is 0.938 bits per heavy atom. The number of amidine groups is 1. The van der Waals surface area contributed by atoms with Crippen LogP contribution in [0.1, 0.15) is 102 Å². The Bertz CT molecular complexity index is 1260. The molecule has 0 bridgehead atoms. The summed E-state index contributed by atoms with van der Waals surface area (Å²) in [5, 5.41) is 9.62. The molecule has 0 aromatic carbocycles. The molecular weight excluding hydrogens is 589 g/mol. The second-order valence-corrected chi connectivity index (χ2v) is 10.4. The van der Waals surface area contributed by atoms with E-state index >= 15 is 0 Å². The van der Waals surface area contributed by atoms with Gasteiger partial charge in [-0.25, -0.2) is 4.99 Å². The number of hydrogen-bond acceptors (Lipinski definition) is 5. The number of terminal acetylenes is 1. The molecule has 3 N–H and O–H groups in total. The standard InChI is InChI=1S/C25H37N5.C12H21N.C3H6.C2H6/c1-12-14-18(3)17-19(4)15-16-28-21(6)25(13-2)29-24(9)30(23(8)27-11)22(7)20(5)26-10;1-6-8-9-10(3)12(5)13-11(4)7-2;1-3-2;1-2/h1,14,17,26,28H,5-7,9,13,15-16H2,2-4,8,10-11H3;8-9,13H,4,6-7H2,1-3,5H3;3H,1H2,2H3;1-2H3/b18-14-,19-17+,27-23?,29-25+;9-8-,12-10+;;. The number of nitrogens with zero attached hydrogens (tertiary/aromatic N) is 3. The van der Waals surface area contributed by atoms with Crippen LogP contribution >= 0.6 is 0 Å². The summed E-state index contributed by atoms with van der Waals surface area (Å²) in [6.07, 6.45) is 18.8. The van der Waals surface area contributed by atoms with Gasteiger partial charge in [-0.15, -0.1) is 13.0 Å². The van der Waals surface area contributed by atoms with Gasteiger partial charge >= 0.3 is 0 Å². The van der Waals surface area contributed by atoms with Gasteiger partial charge in [-0.2, -0.15) is 0 Å². The van der Waals surface area contributed by atoms with Crippen LogP contribution in [-0.2, 0) is 0 Å². The SMILES string of the molecule is C#C/C=C(C)\C=C(/C)CCNC(=C)/C(CC)=N/C(=C)N(C(=C)C(=C)NC)C(C)=NC.C=C(CC)N/C(C)=C(C)/C=C\CC.C=CC.CC. The lowest BCUT2D eigenvalue weighted by atomic mass is 10.1. The summed E-state index contributed by atoms with van der Waals surface area (Å²) in [6.45, 7) is 46.6. The highest BCUT2D eigenvalue weighted by Crippen LogP contribution is 2.18. The molecule has 0 heterocycles. The van der Waals surface area contributed by atoms with E-state index < -0.39 is 0 Å². The van der Waals surface area contributed by atoms with Gasteiger partial charge in [0.15, 0.2) is 0 Å². The first-order chi connectivity index (χ1) is 22.6. The fourth-order valence-corrected chi connectivity index (χ4v) is 3.50. The van der Waals surface area contributed by atoms with Crippen molar-refractivity contribution in [3.8, 4) is 12.3 Å². The molecule has 6 heteroatoms. The zero-order chi connectivity index (χ0) is 38.2. The van der Waals surface area contributed by atoms with Crippen LogP contribution in [0.25, 0.3) is 0 Å². The summed E-state index contributed by atoms with van der Waals surface area (Å²) in [5.74, 6) is 3.76. The van der Waals surface area contributed by atoms with Gasteiger partial charge in [-0.05, 0) is 84.4 Å². The van der Waals surface area contributed by atoms with E-state index in [0.717, 1.165) is 54.3 Å². The van der Waals surface area contributed by atoms with Crippen LogP contribution in [-0.4, -0.2) is 37.1 Å². The molecule has 0 aliphatic rings. The molecule has 268 valence electrons. The maximum Gasteiger partial charge on any atom is 0.131 e. The fraction of sp³-hybridized carbons (Fsp3) is 0.429. The van der Waals surface area contributed by atoms with Crippen molar-refractivity contribution in [1.82, 2.24) is 20.9 Å². The first-order valence-electron chi connectivity index (χ1n) is 16.8. The van der Waals surface area contributed by atoms with Gasteiger partial charge in [0.1, 0.15) is 11.7 Å². The van der Waals surface area contributed by atoms with Crippen molar-refractivity contribution in [1.29, 1.82) is 0 Å². The van der Waals surface area contributed by atoms with Crippen molar-refractivity contribution < 1.29 is 0 Å². The number of allylic oxidation sites excluding steroid dienone is 10. The average Bonchev–Trinajstić information content (AvgIpc) is 3.06. The third kappa shape index (κ3) is 24.7. The predicted octanol–water partition coefficient (Wildman–Crippen LogP) is 10.9. The van der Waals surface area contributed by atoms with Gasteiger partial charge in [-0.3, -0.25) is 9.89 Å². The number of likely N-dealkylation sites (N-methyl/N-ethyl adjacent to an activating group) is 1. The van der Waals surface area contributed by atoms with E-state index in [-0.39, 0.29) is 0 Å². The van der Waals surface area contributed by atoms with Crippen molar-refractivity contribution in [3.05, 3.63) is 121 Å². The Morgan fingerprint density at radius 2 is 1.50 bits per heavy atom. The average molecular weight is 659 g/mol. The highest BCUT2D eigenvalue weighted by atomic mass is 15.3. The molecule has 0 aliphatic carbocycles. The van der Waals surface area contributed by atoms with Crippen LogP contribution in [0, 0.1) is 12.3 Å². The highest BCUT2D eigenvalue weighted by Gasteiger charge is 2.17. The van der Waals surface area contributed by atoms with E-state index in [9.17, 15) is 0 Å². The van der Waals surface area contributed by atoms with E-state index in [1.54, 1.807) is 31.1 Å². The zero-order valence-corrected chi connectivity index (χ0v) is 33.1. The van der Waals surface area contributed by atoms with Crippen molar-refractivity contribution in [3.63, 3.8) is 0 Å². The van der Waals surface area contributed by atoms with Crippen LogP contribution in [0.2, 0.25) is 0 Å². The van der Waals surface area contributed by atoms with Crippen molar-refractivity contribution in [2.75, 3.05) is 20.6 Å². The van der Waals surface area contributed by atoms with Gasteiger partial charge in [-0.1, -0.05) is 103 Å². The molecule has 0 fully saturated rings. The van der Waals surface area contributed by atoms with Crippen molar-refractivity contribution in [2.45, 2.75) is 102 Å². The second-order valence-electron chi connectivity index (χ2n) is 10.4. The molecule has 0 amide bonds. The van der Waals surface area contributed by atoms with Crippen molar-refractivity contribution in [2.24, 2.45) is 9.98 Å². The largest absolute Gasteiger partial charge is 0.387 e. The Balaban J connectivity index is -0.000000444. The molecule has 6 nitrogen and oxygen atoms in total. The first kappa shape index (κ1) is 50.4. The number of aliphatic imine (C=N–C) groups is 2. The predicted molar refractivity (Wildman–Crippen MR) is 221 cm³/mol. The summed E-state index contributed by atoms with van der Waals surface area (Å²) in [4.78, 5) is 10.7. The quantitative estimate of drug-likeness (QED) is 0.0478. The molecule has 0 rings (SSSR count). The molecule has 0 aliphatic heterocycles. The Hall–Kier alpha value is -4.50. The Labute approximate surface area is 297 Å². The Morgan fingerprint density at radius 3 is 1.94 bits per heavy atom. The lowest BCUT2D eigenvalue weighted by Gasteiger charge is -2.27. The minimum atomic E-state index is 0.505. The van der Waals surface area contributed by atoms with Gasteiger partial charge in [0, 0.05) is 37.7 Å². The van der Waals surface area contributed by atoms with Gasteiger partial charge in [0.25, 0.3) is 0 Å². The summed E-state index contributed by atoms with van der Waals surface area (Å²) in [5.41, 5.74) is 8.74. The van der Waals surface area contributed by atoms with Gasteiger partial charge < -0.3 is 16.0 Å². The minimum Gasteiger partial charge on any atom is -0.387 e. The normalized spacial score (nSPS) is 11.8. The first-order valence-corrected chi connectivity index (χ1v) is 16.8. The summed E-state index contributed by atoms with van der Waals surface area (Å²) < 4.78 is 0. The van der Waals surface area contributed by atoms with Gasteiger partial charge in [0.2, 0.25) is 0 Å². The molecule has 0 aromatic rings. The van der Waals surface area contributed by atoms with E-state index in [2.05, 4.69) is 119 Å². The molecule has 48 heavy (non-hydrogen) atoms. The molecule has 0 saturated heterocycles. The molecule has 0 aromatic heterocycles. The molecule has 0 unspecified atom stereocenters. The third-order valence-electron chi connectivity index (χ3n) is 6.40. The summed E-state index contributed by atoms with van der Waals surface area (Å²) in [7, 11) is 3.51. The third-order valence-corrected chi connectivity index (χ3v) is 6.40. The molecule has 0 radical (unpaired) electrons. The topological polar surface area (TPSA) is 64.0 Å². The summed E-state index contributed by atoms with van der Waals surface area (Å²) >= 11 is 0.